The summed E-state index contributed by atoms with van der Waals surface area (Å²) in [6, 6.07) is 0. The fraction of sp³-hybridized carbons (Fsp3) is 0.867. The first-order valence-corrected chi connectivity index (χ1v) is 11.4. The Hall–Kier alpha value is -0.533. The summed E-state index contributed by atoms with van der Waals surface area (Å²) in [5.74, 6) is -0.364. The summed E-state index contributed by atoms with van der Waals surface area (Å²) in [5, 5.41) is 0.0123. The molecule has 0 aromatic heterocycles. The third-order valence-corrected chi connectivity index (χ3v) is 9.56. The van der Waals surface area contributed by atoms with Crippen LogP contribution in [0.2, 0.25) is 18.1 Å². The molecule has 0 saturated carbocycles. The van der Waals surface area contributed by atoms with Crippen molar-refractivity contribution >= 4 is 31.5 Å². The third-order valence-electron chi connectivity index (χ3n) is 3.69. The summed E-state index contributed by atoms with van der Waals surface area (Å²) in [7, 11) is -2.09. The van der Waals surface area contributed by atoms with Gasteiger partial charge in [-0.05, 0) is 38.9 Å². The Labute approximate surface area is 138 Å². The van der Waals surface area contributed by atoms with Crippen LogP contribution < -0.4 is 0 Å². The van der Waals surface area contributed by atoms with Crippen molar-refractivity contribution in [3.8, 4) is 0 Å². The highest BCUT2D eigenvalue weighted by molar-refractivity contribution is 7.85. The van der Waals surface area contributed by atoms with Crippen molar-refractivity contribution in [1.82, 2.24) is 0 Å². The number of ether oxygens (including phenoxy) is 1. The Kier molecular flexibility index (Phi) is 7.64. The fourth-order valence-corrected chi connectivity index (χ4v) is 3.03. The minimum absolute atomic E-state index is 0.0123. The van der Waals surface area contributed by atoms with Gasteiger partial charge in [0.25, 0.3) is 0 Å². The minimum atomic E-state index is -2.06. The molecule has 0 aliphatic carbocycles. The van der Waals surface area contributed by atoms with Crippen molar-refractivity contribution in [1.29, 1.82) is 0 Å². The van der Waals surface area contributed by atoms with Gasteiger partial charge >= 0.3 is 5.97 Å². The SMILES string of the molecule is COC(=O)C[C@H](/C=N/S(=O)C(C)(C)C)O[Si](C)(C)C(C)(C)C. The summed E-state index contributed by atoms with van der Waals surface area (Å²) in [6.07, 6.45) is 1.06. The van der Waals surface area contributed by atoms with Gasteiger partial charge in [0, 0.05) is 6.21 Å². The predicted octanol–water partition coefficient (Wildman–Crippen LogP) is 3.47. The van der Waals surface area contributed by atoms with Crippen molar-refractivity contribution in [2.45, 2.75) is 76.9 Å². The Bertz CT molecular complexity index is 436. The molecule has 130 valence electrons. The molecule has 2 atom stereocenters. The smallest absolute Gasteiger partial charge is 0.308 e. The molecule has 0 amide bonds. The Balaban J connectivity index is 5.19. The zero-order chi connectivity index (χ0) is 17.8. The van der Waals surface area contributed by atoms with Crippen molar-refractivity contribution in [3.05, 3.63) is 0 Å². The highest BCUT2D eigenvalue weighted by atomic mass is 32.2. The van der Waals surface area contributed by atoms with Gasteiger partial charge in [0.1, 0.15) is 11.0 Å². The molecule has 7 heteroatoms. The monoisotopic (exact) mass is 349 g/mol. The standard InChI is InChI=1S/C15H31NO4SSi/c1-14(2,3)21(18)16-11-12(10-13(17)19-7)20-22(8,9)15(4,5)6/h11-12H,10H2,1-9H3/b16-11+/t12-,21?/m1/s1. The highest BCUT2D eigenvalue weighted by Crippen LogP contribution is 2.37. The van der Waals surface area contributed by atoms with Crippen LogP contribution in [-0.4, -0.2) is 42.7 Å². The van der Waals surface area contributed by atoms with Crippen LogP contribution in [0.5, 0.6) is 0 Å². The van der Waals surface area contributed by atoms with Crippen LogP contribution >= 0.6 is 0 Å². The molecule has 1 unspecified atom stereocenters. The molecule has 0 rings (SSSR count). The second-order valence-electron chi connectivity index (χ2n) is 7.81. The molecule has 0 fully saturated rings. The molecule has 22 heavy (non-hydrogen) atoms. The summed E-state index contributed by atoms with van der Waals surface area (Å²) in [4.78, 5) is 11.6. The van der Waals surface area contributed by atoms with Crippen LogP contribution in [0.4, 0.5) is 0 Å². The van der Waals surface area contributed by atoms with Gasteiger partial charge in [-0.3, -0.25) is 4.79 Å². The van der Waals surface area contributed by atoms with Gasteiger partial charge in [0.05, 0.1) is 24.4 Å². The average Bonchev–Trinajstić information content (AvgIpc) is 2.32. The van der Waals surface area contributed by atoms with E-state index in [2.05, 4.69) is 38.3 Å². The maximum Gasteiger partial charge on any atom is 0.308 e. The van der Waals surface area contributed by atoms with E-state index in [-0.39, 0.29) is 17.4 Å². The molecule has 0 radical (unpaired) electrons. The van der Waals surface area contributed by atoms with Crippen LogP contribution in [0.3, 0.4) is 0 Å². The lowest BCUT2D eigenvalue weighted by molar-refractivity contribution is -0.141. The topological polar surface area (TPSA) is 65.0 Å². The van der Waals surface area contributed by atoms with Crippen LogP contribution in [0.15, 0.2) is 4.40 Å². The first-order valence-electron chi connectivity index (χ1n) is 7.41. The number of hydrogen-bond donors (Lipinski definition) is 0. The van der Waals surface area contributed by atoms with Crippen LogP contribution in [0, 0.1) is 0 Å². The molecule has 0 spiro atoms. The Morgan fingerprint density at radius 1 is 1.23 bits per heavy atom. The van der Waals surface area contributed by atoms with Crippen molar-refractivity contribution < 1.29 is 18.2 Å². The van der Waals surface area contributed by atoms with E-state index in [1.807, 2.05) is 20.8 Å². The third kappa shape index (κ3) is 7.15. The molecule has 0 aliphatic rings. The summed E-state index contributed by atoms with van der Waals surface area (Å²) >= 11 is 0. The number of nitrogens with zero attached hydrogens (tertiary/aromatic N) is 1. The van der Waals surface area contributed by atoms with Gasteiger partial charge in [0.2, 0.25) is 0 Å². The number of hydrogen-bond acceptors (Lipinski definition) is 4. The second-order valence-corrected chi connectivity index (χ2v) is 14.5. The number of carbonyl (C=O) groups excluding carboxylic acids is 1. The van der Waals surface area contributed by atoms with E-state index in [9.17, 15) is 9.00 Å². The minimum Gasteiger partial charge on any atom is -0.469 e. The molecule has 0 saturated heterocycles. The zero-order valence-corrected chi connectivity index (χ0v) is 17.2. The molecular formula is C15H31NO4SSi. The van der Waals surface area contributed by atoms with E-state index in [1.54, 1.807) is 0 Å². The van der Waals surface area contributed by atoms with Crippen LogP contribution in [-0.2, 0) is 24.9 Å². The fourth-order valence-electron chi connectivity index (χ4n) is 1.21. The van der Waals surface area contributed by atoms with Gasteiger partial charge in [-0.1, -0.05) is 20.8 Å². The van der Waals surface area contributed by atoms with Crippen LogP contribution in [0.1, 0.15) is 48.0 Å². The first kappa shape index (κ1) is 21.5. The second kappa shape index (κ2) is 7.83. The lowest BCUT2D eigenvalue weighted by Gasteiger charge is -2.38. The Morgan fingerprint density at radius 2 is 1.73 bits per heavy atom. The predicted molar refractivity (Wildman–Crippen MR) is 95.1 cm³/mol. The molecule has 5 nitrogen and oxygen atoms in total. The van der Waals surface area contributed by atoms with Gasteiger partial charge < -0.3 is 9.16 Å². The van der Waals surface area contributed by atoms with Gasteiger partial charge in [-0.15, -0.1) is 0 Å². The van der Waals surface area contributed by atoms with Crippen molar-refractivity contribution in [2.75, 3.05) is 7.11 Å². The molecule has 0 aromatic carbocycles. The van der Waals surface area contributed by atoms with E-state index in [0.717, 1.165) is 0 Å². The Morgan fingerprint density at radius 3 is 2.09 bits per heavy atom. The van der Waals surface area contributed by atoms with E-state index >= 15 is 0 Å². The highest BCUT2D eigenvalue weighted by Gasteiger charge is 2.39. The van der Waals surface area contributed by atoms with E-state index in [0.29, 0.717) is 0 Å². The maximum absolute atomic E-state index is 12.0. The molecule has 0 N–H and O–H groups in total. The summed E-state index contributed by atoms with van der Waals surface area (Å²) < 4.78 is 26.6. The largest absolute Gasteiger partial charge is 0.469 e. The zero-order valence-electron chi connectivity index (χ0n) is 15.4. The average molecular weight is 350 g/mol. The van der Waals surface area contributed by atoms with Gasteiger partial charge in [-0.25, -0.2) is 4.21 Å². The molecule has 0 heterocycles. The molecule has 0 bridgehead atoms. The van der Waals surface area contributed by atoms with E-state index in [1.165, 1.54) is 13.3 Å². The van der Waals surface area contributed by atoms with Gasteiger partial charge in [0.15, 0.2) is 8.32 Å². The lowest BCUT2D eigenvalue weighted by atomic mass is 10.2. The molecule has 0 aliphatic heterocycles. The van der Waals surface area contributed by atoms with E-state index in [4.69, 9.17) is 9.16 Å². The first-order chi connectivity index (χ1) is 9.70. The quantitative estimate of drug-likeness (QED) is 0.418. The summed E-state index contributed by atoms with van der Waals surface area (Å²) in [5.41, 5.74) is 0. The molecular weight excluding hydrogens is 318 g/mol. The number of carbonyl (C=O) groups is 1. The summed E-state index contributed by atoms with van der Waals surface area (Å²) in [6.45, 7) is 16.1. The normalized spacial score (nSPS) is 16.6. The maximum atomic E-state index is 12.0. The van der Waals surface area contributed by atoms with Crippen LogP contribution in [0.25, 0.3) is 0 Å². The van der Waals surface area contributed by atoms with Gasteiger partial charge in [-0.2, -0.15) is 4.40 Å². The lowest BCUT2D eigenvalue weighted by Crippen LogP contribution is -2.45. The number of methoxy groups -OCH3 is 1. The van der Waals surface area contributed by atoms with E-state index < -0.39 is 30.2 Å². The number of rotatable bonds is 6. The number of esters is 1. The van der Waals surface area contributed by atoms with Crippen molar-refractivity contribution in [2.24, 2.45) is 4.40 Å². The molecule has 0 aromatic rings. The van der Waals surface area contributed by atoms with Crippen molar-refractivity contribution in [3.63, 3.8) is 0 Å².